The molecule has 1 aromatic carbocycles. The van der Waals surface area contributed by atoms with Gasteiger partial charge in [0.15, 0.2) is 6.29 Å². The van der Waals surface area contributed by atoms with Gasteiger partial charge in [0, 0.05) is 0 Å². The van der Waals surface area contributed by atoms with Crippen LogP contribution in [0.25, 0.3) is 0 Å². The maximum Gasteiger partial charge on any atom is 0.307 e. The molecule has 0 aromatic heterocycles. The Bertz CT molecular complexity index is 508. The number of ether oxygens (including phenoxy) is 1. The molecule has 0 saturated carbocycles. The summed E-state index contributed by atoms with van der Waals surface area (Å²) in [5.41, 5.74) is 0.884. The summed E-state index contributed by atoms with van der Waals surface area (Å²) < 4.78 is 4.60. The van der Waals surface area contributed by atoms with Gasteiger partial charge in [-0.05, 0) is 24.6 Å². The fourth-order valence-electron chi connectivity index (χ4n) is 1.56. The number of carbonyl (C=O) groups excluding carboxylic acids is 2. The molecule has 1 aromatic rings. The average Bonchev–Trinajstić information content (AvgIpc) is 2.38. The van der Waals surface area contributed by atoms with Crippen molar-refractivity contribution in [1.29, 1.82) is 0 Å². The van der Waals surface area contributed by atoms with Gasteiger partial charge in [0.25, 0.3) is 0 Å². The first-order valence-electron chi connectivity index (χ1n) is 5.39. The van der Waals surface area contributed by atoms with E-state index in [1.165, 1.54) is 19.2 Å². The van der Waals surface area contributed by atoms with E-state index in [9.17, 15) is 14.7 Å². The van der Waals surface area contributed by atoms with E-state index < -0.39 is 0 Å². The summed E-state index contributed by atoms with van der Waals surface area (Å²) >= 11 is 0. The Morgan fingerprint density at radius 3 is 2.83 bits per heavy atom. The fraction of sp³-hybridized carbons (Fsp3) is 0.286. The van der Waals surface area contributed by atoms with Gasteiger partial charge in [0.05, 0.1) is 25.0 Å². The van der Waals surface area contributed by atoms with Crippen molar-refractivity contribution in [2.24, 2.45) is 0 Å². The van der Waals surface area contributed by atoms with E-state index in [0.29, 0.717) is 11.8 Å². The van der Waals surface area contributed by atoms with Gasteiger partial charge in [0.1, 0.15) is 5.75 Å². The van der Waals surface area contributed by atoms with Crippen LogP contribution in [0.15, 0.2) is 18.2 Å². The smallest absolute Gasteiger partial charge is 0.307 e. The Morgan fingerprint density at radius 1 is 1.56 bits per heavy atom. The minimum atomic E-state index is -0.372. The molecule has 0 saturated heterocycles. The van der Waals surface area contributed by atoms with Crippen LogP contribution in [-0.2, 0) is 9.53 Å². The van der Waals surface area contributed by atoms with Crippen molar-refractivity contribution >= 4 is 12.3 Å². The lowest BCUT2D eigenvalue weighted by atomic mass is 9.94. The second kappa shape index (κ2) is 6.45. The van der Waals surface area contributed by atoms with Crippen molar-refractivity contribution in [2.45, 2.75) is 19.3 Å². The molecule has 0 unspecified atom stereocenters. The number of benzene rings is 1. The Hall–Kier alpha value is -2.28. The van der Waals surface area contributed by atoms with E-state index in [1.807, 2.05) is 0 Å². The number of hydrogen-bond donors (Lipinski definition) is 1. The van der Waals surface area contributed by atoms with Crippen LogP contribution in [0.2, 0.25) is 0 Å². The SMILES string of the molecule is CC#C[C@H](CC(=O)OC)c1ccc(O)c(C=O)c1. The summed E-state index contributed by atoms with van der Waals surface area (Å²) in [4.78, 5) is 22.0. The fourth-order valence-corrected chi connectivity index (χ4v) is 1.56. The summed E-state index contributed by atoms with van der Waals surface area (Å²) in [5, 5.41) is 9.42. The molecule has 0 spiro atoms. The molecule has 94 valence electrons. The van der Waals surface area contributed by atoms with Crippen molar-refractivity contribution in [3.63, 3.8) is 0 Å². The lowest BCUT2D eigenvalue weighted by Gasteiger charge is -2.11. The number of aldehydes is 1. The van der Waals surface area contributed by atoms with E-state index in [1.54, 1.807) is 13.0 Å². The Kier molecular flexibility index (Phi) is 4.94. The van der Waals surface area contributed by atoms with Crippen LogP contribution in [0, 0.1) is 11.8 Å². The first-order valence-corrected chi connectivity index (χ1v) is 5.39. The number of carbonyl (C=O) groups is 2. The number of rotatable bonds is 4. The second-order valence-electron chi connectivity index (χ2n) is 3.66. The van der Waals surface area contributed by atoms with E-state index in [2.05, 4.69) is 16.6 Å². The summed E-state index contributed by atoms with van der Waals surface area (Å²) in [6.07, 6.45) is 0.674. The molecule has 1 N–H and O–H groups in total. The van der Waals surface area contributed by atoms with Crippen molar-refractivity contribution in [3.8, 4) is 17.6 Å². The van der Waals surface area contributed by atoms with Crippen LogP contribution >= 0.6 is 0 Å². The van der Waals surface area contributed by atoms with Gasteiger partial charge in [-0.1, -0.05) is 12.0 Å². The van der Waals surface area contributed by atoms with Crippen molar-refractivity contribution in [2.75, 3.05) is 7.11 Å². The van der Waals surface area contributed by atoms with E-state index in [0.717, 1.165) is 0 Å². The van der Waals surface area contributed by atoms with Gasteiger partial charge in [-0.25, -0.2) is 0 Å². The number of phenolic OH excluding ortho intramolecular Hbond substituents is 1. The highest BCUT2D eigenvalue weighted by Crippen LogP contribution is 2.24. The number of methoxy groups -OCH3 is 1. The third kappa shape index (κ3) is 3.36. The van der Waals surface area contributed by atoms with Gasteiger partial charge in [-0.2, -0.15) is 0 Å². The molecule has 0 fully saturated rings. The van der Waals surface area contributed by atoms with Crippen molar-refractivity contribution < 1.29 is 19.4 Å². The quantitative estimate of drug-likeness (QED) is 0.500. The van der Waals surface area contributed by atoms with Gasteiger partial charge in [-0.15, -0.1) is 5.92 Å². The molecule has 4 heteroatoms. The zero-order chi connectivity index (χ0) is 13.5. The zero-order valence-electron chi connectivity index (χ0n) is 10.3. The predicted molar refractivity (Wildman–Crippen MR) is 66.3 cm³/mol. The molecule has 0 radical (unpaired) electrons. The second-order valence-corrected chi connectivity index (χ2v) is 3.66. The number of esters is 1. The first-order chi connectivity index (χ1) is 8.62. The van der Waals surface area contributed by atoms with E-state index in [-0.39, 0.29) is 29.6 Å². The van der Waals surface area contributed by atoms with Crippen LogP contribution in [0.1, 0.15) is 35.2 Å². The predicted octanol–water partition coefficient (Wildman–Crippen LogP) is 1.87. The third-order valence-corrected chi connectivity index (χ3v) is 2.50. The number of phenols is 1. The Morgan fingerprint density at radius 2 is 2.28 bits per heavy atom. The van der Waals surface area contributed by atoms with Gasteiger partial charge in [0.2, 0.25) is 0 Å². The summed E-state index contributed by atoms with van der Waals surface area (Å²) in [5.74, 6) is 4.82. The van der Waals surface area contributed by atoms with E-state index >= 15 is 0 Å². The summed E-state index contributed by atoms with van der Waals surface area (Å²) in [6, 6.07) is 4.58. The molecular weight excluding hydrogens is 232 g/mol. The van der Waals surface area contributed by atoms with Crippen molar-refractivity contribution in [3.05, 3.63) is 29.3 Å². The van der Waals surface area contributed by atoms with Crippen LogP contribution < -0.4 is 0 Å². The normalized spacial score (nSPS) is 11.0. The average molecular weight is 246 g/mol. The van der Waals surface area contributed by atoms with Crippen LogP contribution in [0.5, 0.6) is 5.75 Å². The minimum absolute atomic E-state index is 0.0879. The molecule has 1 atom stereocenters. The molecule has 0 bridgehead atoms. The first kappa shape index (κ1) is 13.8. The molecule has 0 aliphatic rings. The van der Waals surface area contributed by atoms with Crippen LogP contribution in [0.4, 0.5) is 0 Å². The maximum absolute atomic E-state index is 11.3. The van der Waals surface area contributed by atoms with Crippen LogP contribution in [-0.4, -0.2) is 24.5 Å². The molecule has 18 heavy (non-hydrogen) atoms. The zero-order valence-corrected chi connectivity index (χ0v) is 10.3. The molecule has 0 aliphatic carbocycles. The highest BCUT2D eigenvalue weighted by atomic mass is 16.5. The molecule has 0 aliphatic heterocycles. The number of hydrogen-bond acceptors (Lipinski definition) is 4. The molecule has 4 nitrogen and oxygen atoms in total. The Labute approximate surface area is 106 Å². The topological polar surface area (TPSA) is 63.6 Å². The van der Waals surface area contributed by atoms with Crippen molar-refractivity contribution in [1.82, 2.24) is 0 Å². The lowest BCUT2D eigenvalue weighted by molar-refractivity contribution is -0.140. The highest BCUT2D eigenvalue weighted by molar-refractivity contribution is 5.79. The summed E-state index contributed by atoms with van der Waals surface area (Å²) in [7, 11) is 1.31. The molecule has 0 amide bonds. The maximum atomic E-state index is 11.3. The largest absolute Gasteiger partial charge is 0.507 e. The third-order valence-electron chi connectivity index (χ3n) is 2.50. The van der Waals surface area contributed by atoms with Crippen LogP contribution in [0.3, 0.4) is 0 Å². The van der Waals surface area contributed by atoms with Gasteiger partial charge >= 0.3 is 5.97 Å². The monoisotopic (exact) mass is 246 g/mol. The molecular formula is C14H14O4. The number of aromatic hydroxyl groups is 1. The lowest BCUT2D eigenvalue weighted by Crippen LogP contribution is -2.07. The standard InChI is InChI=1S/C14H14O4/c1-3-4-10(8-14(17)18-2)11-5-6-13(16)12(7-11)9-15/h5-7,9-10,16H,8H2,1-2H3/t10-/m1/s1. The van der Waals surface area contributed by atoms with Gasteiger partial charge < -0.3 is 9.84 Å². The van der Waals surface area contributed by atoms with E-state index in [4.69, 9.17) is 0 Å². The highest BCUT2D eigenvalue weighted by Gasteiger charge is 2.15. The minimum Gasteiger partial charge on any atom is -0.507 e. The molecule has 0 heterocycles. The summed E-state index contributed by atoms with van der Waals surface area (Å²) in [6.45, 7) is 1.67. The van der Waals surface area contributed by atoms with Gasteiger partial charge in [-0.3, -0.25) is 9.59 Å². The Balaban J connectivity index is 3.08. The molecule has 1 rings (SSSR count).